The molecule has 2 aromatic heterocycles. The number of aromatic amines is 1. The standard InChI is InChI=1S/C16H16N4O2S2/c1-11-6-7-24-14(11)9-17-20-15(18-19-16(20)23)10-22-13-5-3-4-12(8-13)21-2/h3-9H,10H2,1-2H3,(H,19,23)/b17-9-. The molecule has 0 spiro atoms. The van der Waals surface area contributed by atoms with Crippen molar-refractivity contribution in [1.29, 1.82) is 0 Å². The lowest BCUT2D eigenvalue weighted by molar-refractivity contribution is 0.288. The Labute approximate surface area is 148 Å². The molecule has 0 saturated carbocycles. The lowest BCUT2D eigenvalue weighted by Gasteiger charge is -2.07. The van der Waals surface area contributed by atoms with E-state index >= 15 is 0 Å². The number of nitrogens with zero attached hydrogens (tertiary/aromatic N) is 3. The molecule has 0 aliphatic heterocycles. The normalized spacial score (nSPS) is 11.1. The van der Waals surface area contributed by atoms with Gasteiger partial charge in [-0.1, -0.05) is 6.07 Å². The van der Waals surface area contributed by atoms with Crippen molar-refractivity contribution >= 4 is 29.8 Å². The van der Waals surface area contributed by atoms with Crippen LogP contribution in [-0.4, -0.2) is 28.2 Å². The first-order valence-electron chi connectivity index (χ1n) is 7.19. The molecule has 6 nitrogen and oxygen atoms in total. The fraction of sp³-hybridized carbons (Fsp3) is 0.188. The first-order chi connectivity index (χ1) is 11.7. The Bertz CT molecular complexity index is 911. The molecular formula is C16H16N4O2S2. The van der Waals surface area contributed by atoms with Crippen LogP contribution >= 0.6 is 23.6 Å². The van der Waals surface area contributed by atoms with Crippen molar-refractivity contribution in [2.24, 2.45) is 5.10 Å². The van der Waals surface area contributed by atoms with E-state index in [-0.39, 0.29) is 6.61 Å². The van der Waals surface area contributed by atoms with Crippen LogP contribution in [0.2, 0.25) is 0 Å². The molecule has 2 heterocycles. The third kappa shape index (κ3) is 3.72. The van der Waals surface area contributed by atoms with Gasteiger partial charge in [0.1, 0.15) is 18.1 Å². The Morgan fingerprint density at radius 2 is 2.21 bits per heavy atom. The third-order valence-corrected chi connectivity index (χ3v) is 4.54. The summed E-state index contributed by atoms with van der Waals surface area (Å²) in [4.78, 5) is 1.08. The summed E-state index contributed by atoms with van der Waals surface area (Å²) < 4.78 is 12.9. The molecule has 0 bridgehead atoms. The monoisotopic (exact) mass is 360 g/mol. The van der Waals surface area contributed by atoms with Crippen LogP contribution in [0, 0.1) is 11.7 Å². The molecule has 0 aliphatic rings. The molecule has 1 N–H and O–H groups in total. The number of aromatic nitrogens is 3. The average Bonchev–Trinajstić information content (AvgIpc) is 3.17. The number of methoxy groups -OCH3 is 1. The molecule has 0 fully saturated rings. The quantitative estimate of drug-likeness (QED) is 0.537. The van der Waals surface area contributed by atoms with E-state index in [0.717, 1.165) is 10.6 Å². The molecule has 8 heteroatoms. The van der Waals surface area contributed by atoms with Crippen LogP contribution in [0.3, 0.4) is 0 Å². The summed E-state index contributed by atoms with van der Waals surface area (Å²) in [7, 11) is 1.62. The first-order valence-corrected chi connectivity index (χ1v) is 8.48. The van der Waals surface area contributed by atoms with Gasteiger partial charge >= 0.3 is 0 Å². The molecular weight excluding hydrogens is 344 g/mol. The van der Waals surface area contributed by atoms with Gasteiger partial charge in [0.2, 0.25) is 4.77 Å². The smallest absolute Gasteiger partial charge is 0.216 e. The van der Waals surface area contributed by atoms with Crippen molar-refractivity contribution in [3.05, 3.63) is 56.7 Å². The Balaban J connectivity index is 1.76. The summed E-state index contributed by atoms with van der Waals surface area (Å²) in [6.45, 7) is 2.28. The Hall–Kier alpha value is -2.45. The SMILES string of the molecule is COc1cccc(OCc2n[nH]c(=S)n2/N=C\c2sccc2C)c1. The van der Waals surface area contributed by atoms with Crippen LogP contribution in [0.4, 0.5) is 0 Å². The van der Waals surface area contributed by atoms with Crippen LogP contribution in [0.25, 0.3) is 0 Å². The zero-order valence-electron chi connectivity index (χ0n) is 13.2. The lowest BCUT2D eigenvalue weighted by Crippen LogP contribution is -2.04. The predicted octanol–water partition coefficient (Wildman–Crippen LogP) is 3.78. The Kier molecular flexibility index (Phi) is 5.07. The van der Waals surface area contributed by atoms with Crippen molar-refractivity contribution in [2.75, 3.05) is 7.11 Å². The van der Waals surface area contributed by atoms with Gasteiger partial charge < -0.3 is 9.47 Å². The highest BCUT2D eigenvalue weighted by molar-refractivity contribution is 7.71. The molecule has 1 aromatic carbocycles. The second-order valence-electron chi connectivity index (χ2n) is 4.94. The van der Waals surface area contributed by atoms with E-state index in [2.05, 4.69) is 15.3 Å². The summed E-state index contributed by atoms with van der Waals surface area (Å²) in [6, 6.07) is 9.43. The van der Waals surface area contributed by atoms with Gasteiger partial charge in [0.15, 0.2) is 5.82 Å². The maximum Gasteiger partial charge on any atom is 0.216 e. The van der Waals surface area contributed by atoms with Gasteiger partial charge in [0, 0.05) is 6.07 Å². The van der Waals surface area contributed by atoms with Crippen molar-refractivity contribution in [2.45, 2.75) is 13.5 Å². The number of hydrogen-bond donors (Lipinski definition) is 1. The zero-order chi connectivity index (χ0) is 16.9. The van der Waals surface area contributed by atoms with Gasteiger partial charge in [0.05, 0.1) is 18.2 Å². The summed E-state index contributed by atoms with van der Waals surface area (Å²) in [6.07, 6.45) is 1.78. The van der Waals surface area contributed by atoms with Crippen LogP contribution in [0.1, 0.15) is 16.3 Å². The molecule has 3 aromatic rings. The largest absolute Gasteiger partial charge is 0.497 e. The van der Waals surface area contributed by atoms with E-state index in [9.17, 15) is 0 Å². The minimum absolute atomic E-state index is 0.237. The van der Waals surface area contributed by atoms with E-state index in [1.165, 1.54) is 5.56 Å². The minimum atomic E-state index is 0.237. The highest BCUT2D eigenvalue weighted by atomic mass is 32.1. The van der Waals surface area contributed by atoms with Crippen molar-refractivity contribution in [1.82, 2.24) is 14.9 Å². The van der Waals surface area contributed by atoms with E-state index in [1.54, 1.807) is 29.3 Å². The van der Waals surface area contributed by atoms with Gasteiger partial charge in [-0.15, -0.1) is 11.3 Å². The molecule has 24 heavy (non-hydrogen) atoms. The fourth-order valence-corrected chi connectivity index (χ4v) is 2.98. The number of thiophene rings is 1. The number of benzene rings is 1. The number of ether oxygens (including phenoxy) is 2. The van der Waals surface area contributed by atoms with Crippen LogP contribution in [0.15, 0.2) is 40.8 Å². The number of nitrogens with one attached hydrogen (secondary N) is 1. The summed E-state index contributed by atoms with van der Waals surface area (Å²) >= 11 is 6.85. The number of hydrogen-bond acceptors (Lipinski definition) is 6. The van der Waals surface area contributed by atoms with Gasteiger partial charge in [-0.2, -0.15) is 14.9 Å². The van der Waals surface area contributed by atoms with Gasteiger partial charge in [-0.05, 0) is 48.3 Å². The highest BCUT2D eigenvalue weighted by Gasteiger charge is 2.07. The van der Waals surface area contributed by atoms with E-state index in [4.69, 9.17) is 21.7 Å². The summed E-state index contributed by atoms with van der Waals surface area (Å²) in [5, 5.41) is 13.4. The van der Waals surface area contributed by atoms with Gasteiger partial charge in [0.25, 0.3) is 0 Å². The van der Waals surface area contributed by atoms with Gasteiger partial charge in [-0.25, -0.2) is 5.10 Å². The molecule has 0 saturated heterocycles. The first kappa shape index (κ1) is 16.4. The molecule has 0 amide bonds. The summed E-state index contributed by atoms with van der Waals surface area (Å²) in [5.41, 5.74) is 1.17. The van der Waals surface area contributed by atoms with Crippen LogP contribution < -0.4 is 9.47 Å². The molecule has 3 rings (SSSR count). The number of aryl methyl sites for hydroxylation is 1. The second-order valence-corrected chi connectivity index (χ2v) is 6.27. The third-order valence-electron chi connectivity index (χ3n) is 3.32. The zero-order valence-corrected chi connectivity index (χ0v) is 14.9. The van der Waals surface area contributed by atoms with Crippen molar-refractivity contribution in [3.8, 4) is 11.5 Å². The summed E-state index contributed by atoms with van der Waals surface area (Å²) in [5.74, 6) is 2.01. The topological polar surface area (TPSA) is 64.4 Å². The Morgan fingerprint density at radius 1 is 1.38 bits per heavy atom. The average molecular weight is 360 g/mol. The predicted molar refractivity (Wildman–Crippen MR) is 96.8 cm³/mol. The maximum absolute atomic E-state index is 5.75. The minimum Gasteiger partial charge on any atom is -0.497 e. The molecule has 0 unspecified atom stereocenters. The van der Waals surface area contributed by atoms with E-state index in [1.807, 2.05) is 42.6 Å². The van der Waals surface area contributed by atoms with Gasteiger partial charge in [-0.3, -0.25) is 0 Å². The maximum atomic E-state index is 5.75. The molecule has 0 atom stereocenters. The second kappa shape index (κ2) is 7.41. The number of H-pyrrole nitrogens is 1. The molecule has 0 radical (unpaired) electrons. The van der Waals surface area contributed by atoms with Crippen molar-refractivity contribution in [3.63, 3.8) is 0 Å². The molecule has 0 aliphatic carbocycles. The highest BCUT2D eigenvalue weighted by Crippen LogP contribution is 2.19. The van der Waals surface area contributed by atoms with E-state index < -0.39 is 0 Å². The Morgan fingerprint density at radius 3 is 2.96 bits per heavy atom. The lowest BCUT2D eigenvalue weighted by atomic mass is 10.3. The molecule has 124 valence electrons. The van der Waals surface area contributed by atoms with Crippen LogP contribution in [-0.2, 0) is 6.61 Å². The van der Waals surface area contributed by atoms with E-state index in [0.29, 0.717) is 16.3 Å². The van der Waals surface area contributed by atoms with Crippen LogP contribution in [0.5, 0.6) is 11.5 Å². The van der Waals surface area contributed by atoms with Crippen molar-refractivity contribution < 1.29 is 9.47 Å². The fourth-order valence-electron chi connectivity index (χ4n) is 2.00. The number of rotatable bonds is 6.